The van der Waals surface area contributed by atoms with E-state index in [1.165, 1.54) is 0 Å². The molecule has 2 aromatic rings. The summed E-state index contributed by atoms with van der Waals surface area (Å²) in [6, 6.07) is 14.6. The number of carbonyl (C=O) groups excluding carboxylic acids is 2. The summed E-state index contributed by atoms with van der Waals surface area (Å²) in [6.07, 6.45) is 0.487. The minimum atomic E-state index is -0.697. The SMILES string of the molecule is CC(C)C[C@H](NC(=O)c1ccc(Oc2ccc(C#N)cc2)cc1)C(N)=O. The summed E-state index contributed by atoms with van der Waals surface area (Å²) < 4.78 is 5.67. The highest BCUT2D eigenvalue weighted by Crippen LogP contribution is 2.22. The van der Waals surface area contributed by atoms with Crippen LogP contribution in [0, 0.1) is 17.2 Å². The number of amides is 2. The number of benzene rings is 2. The first-order chi connectivity index (χ1) is 12.4. The standard InChI is InChI=1S/C20H21N3O3/c1-13(2)11-18(19(22)24)23-20(25)15-5-9-17(10-6-15)26-16-7-3-14(12-21)4-8-16/h3-10,13,18H,11H2,1-2H3,(H2,22,24)(H,23,25)/t18-/m0/s1. The highest BCUT2D eigenvalue weighted by Gasteiger charge is 2.20. The zero-order valence-corrected chi connectivity index (χ0v) is 14.7. The summed E-state index contributed by atoms with van der Waals surface area (Å²) in [5.41, 5.74) is 6.31. The summed E-state index contributed by atoms with van der Waals surface area (Å²) >= 11 is 0. The molecular formula is C20H21N3O3. The quantitative estimate of drug-likeness (QED) is 0.800. The summed E-state index contributed by atoms with van der Waals surface area (Å²) in [5, 5.41) is 11.4. The number of hydrogen-bond donors (Lipinski definition) is 2. The minimum Gasteiger partial charge on any atom is -0.457 e. The van der Waals surface area contributed by atoms with E-state index in [1.807, 2.05) is 19.9 Å². The van der Waals surface area contributed by atoms with E-state index in [-0.39, 0.29) is 11.8 Å². The number of nitriles is 1. The number of ether oxygens (including phenoxy) is 1. The largest absolute Gasteiger partial charge is 0.457 e. The predicted octanol–water partition coefficient (Wildman–Crippen LogP) is 2.98. The molecule has 0 bridgehead atoms. The summed E-state index contributed by atoms with van der Waals surface area (Å²) in [5.74, 6) is 0.468. The van der Waals surface area contributed by atoms with Gasteiger partial charge in [0.25, 0.3) is 5.91 Å². The van der Waals surface area contributed by atoms with Crippen LogP contribution in [0.2, 0.25) is 0 Å². The predicted molar refractivity (Wildman–Crippen MR) is 97.6 cm³/mol. The number of primary amides is 1. The van der Waals surface area contributed by atoms with E-state index in [0.29, 0.717) is 29.0 Å². The van der Waals surface area contributed by atoms with E-state index in [2.05, 4.69) is 5.32 Å². The van der Waals surface area contributed by atoms with Crippen molar-refractivity contribution in [3.8, 4) is 17.6 Å². The Balaban J connectivity index is 2.02. The molecule has 0 spiro atoms. The summed E-state index contributed by atoms with van der Waals surface area (Å²) in [6.45, 7) is 3.91. The lowest BCUT2D eigenvalue weighted by molar-refractivity contribution is -0.120. The van der Waals surface area contributed by atoms with E-state index in [4.69, 9.17) is 15.7 Å². The Bertz CT molecular complexity index is 806. The van der Waals surface area contributed by atoms with Crippen molar-refractivity contribution in [3.05, 3.63) is 59.7 Å². The maximum Gasteiger partial charge on any atom is 0.251 e. The number of carbonyl (C=O) groups is 2. The van der Waals surface area contributed by atoms with Gasteiger partial charge in [0.2, 0.25) is 5.91 Å². The van der Waals surface area contributed by atoms with E-state index < -0.39 is 11.9 Å². The number of rotatable bonds is 7. The van der Waals surface area contributed by atoms with Crippen molar-refractivity contribution in [2.45, 2.75) is 26.3 Å². The van der Waals surface area contributed by atoms with Crippen LogP contribution in [-0.2, 0) is 4.79 Å². The zero-order chi connectivity index (χ0) is 19.1. The van der Waals surface area contributed by atoms with Crippen LogP contribution in [-0.4, -0.2) is 17.9 Å². The van der Waals surface area contributed by atoms with Gasteiger partial charge in [-0.2, -0.15) is 5.26 Å². The summed E-state index contributed by atoms with van der Waals surface area (Å²) in [7, 11) is 0. The van der Waals surface area contributed by atoms with Crippen LogP contribution in [0.15, 0.2) is 48.5 Å². The lowest BCUT2D eigenvalue weighted by Gasteiger charge is -2.17. The van der Waals surface area contributed by atoms with E-state index in [1.54, 1.807) is 48.5 Å². The van der Waals surface area contributed by atoms with Crippen molar-refractivity contribution in [2.24, 2.45) is 11.7 Å². The van der Waals surface area contributed by atoms with Gasteiger partial charge in [-0.3, -0.25) is 9.59 Å². The Morgan fingerprint density at radius 3 is 2.08 bits per heavy atom. The second kappa shape index (κ2) is 8.67. The molecule has 2 rings (SSSR count). The van der Waals surface area contributed by atoms with Gasteiger partial charge in [-0.25, -0.2) is 0 Å². The fraction of sp³-hybridized carbons (Fsp3) is 0.250. The van der Waals surface area contributed by atoms with Crippen LogP contribution in [0.3, 0.4) is 0 Å². The Labute approximate surface area is 152 Å². The van der Waals surface area contributed by atoms with E-state index >= 15 is 0 Å². The Kier molecular flexibility index (Phi) is 6.34. The molecule has 1 atom stereocenters. The molecular weight excluding hydrogens is 330 g/mol. The maximum absolute atomic E-state index is 12.3. The van der Waals surface area contributed by atoms with Crippen LogP contribution in [0.5, 0.6) is 11.5 Å². The van der Waals surface area contributed by atoms with Crippen LogP contribution in [0.25, 0.3) is 0 Å². The molecule has 0 saturated heterocycles. The monoisotopic (exact) mass is 351 g/mol. The normalized spacial score (nSPS) is 11.5. The molecule has 0 radical (unpaired) electrons. The van der Waals surface area contributed by atoms with Crippen molar-refractivity contribution in [2.75, 3.05) is 0 Å². The molecule has 26 heavy (non-hydrogen) atoms. The van der Waals surface area contributed by atoms with Gasteiger partial charge in [0.05, 0.1) is 11.6 Å². The fourth-order valence-corrected chi connectivity index (χ4v) is 2.37. The molecule has 0 aliphatic heterocycles. The average Bonchev–Trinajstić information content (AvgIpc) is 2.62. The number of nitrogens with one attached hydrogen (secondary N) is 1. The first-order valence-electron chi connectivity index (χ1n) is 8.27. The Morgan fingerprint density at radius 1 is 1.08 bits per heavy atom. The second-order valence-electron chi connectivity index (χ2n) is 6.32. The smallest absolute Gasteiger partial charge is 0.251 e. The fourth-order valence-electron chi connectivity index (χ4n) is 2.37. The molecule has 0 aliphatic rings. The molecule has 0 heterocycles. The first kappa shape index (κ1) is 19.0. The van der Waals surface area contributed by atoms with Crippen molar-refractivity contribution in [3.63, 3.8) is 0 Å². The van der Waals surface area contributed by atoms with Crippen LogP contribution >= 0.6 is 0 Å². The molecule has 2 aromatic carbocycles. The van der Waals surface area contributed by atoms with Crippen molar-refractivity contribution in [1.29, 1.82) is 5.26 Å². The van der Waals surface area contributed by atoms with Gasteiger partial charge in [0.1, 0.15) is 17.5 Å². The Morgan fingerprint density at radius 2 is 1.62 bits per heavy atom. The molecule has 3 N–H and O–H groups in total. The van der Waals surface area contributed by atoms with E-state index in [0.717, 1.165) is 0 Å². The molecule has 0 saturated carbocycles. The van der Waals surface area contributed by atoms with Crippen LogP contribution in [0.1, 0.15) is 36.2 Å². The van der Waals surface area contributed by atoms with Crippen LogP contribution < -0.4 is 15.8 Å². The van der Waals surface area contributed by atoms with Gasteiger partial charge < -0.3 is 15.8 Å². The molecule has 6 heteroatoms. The molecule has 0 unspecified atom stereocenters. The molecule has 0 aromatic heterocycles. The van der Waals surface area contributed by atoms with Gasteiger partial charge in [0, 0.05) is 5.56 Å². The average molecular weight is 351 g/mol. The molecule has 134 valence electrons. The molecule has 0 fully saturated rings. The third-order valence-electron chi connectivity index (χ3n) is 3.69. The van der Waals surface area contributed by atoms with Crippen molar-refractivity contribution < 1.29 is 14.3 Å². The molecule has 0 aliphatic carbocycles. The van der Waals surface area contributed by atoms with Crippen LogP contribution in [0.4, 0.5) is 0 Å². The molecule has 6 nitrogen and oxygen atoms in total. The Hall–Kier alpha value is -3.33. The van der Waals surface area contributed by atoms with Crippen molar-refractivity contribution >= 4 is 11.8 Å². The topological polar surface area (TPSA) is 105 Å². The third-order valence-corrected chi connectivity index (χ3v) is 3.69. The lowest BCUT2D eigenvalue weighted by atomic mass is 10.0. The highest BCUT2D eigenvalue weighted by molar-refractivity contribution is 5.97. The van der Waals surface area contributed by atoms with Gasteiger partial charge in [-0.15, -0.1) is 0 Å². The number of nitrogens with two attached hydrogens (primary N) is 1. The maximum atomic E-state index is 12.3. The van der Waals surface area contributed by atoms with Crippen molar-refractivity contribution in [1.82, 2.24) is 5.32 Å². The van der Waals surface area contributed by atoms with Gasteiger partial charge in [-0.1, -0.05) is 13.8 Å². The minimum absolute atomic E-state index is 0.232. The van der Waals surface area contributed by atoms with Gasteiger partial charge >= 0.3 is 0 Å². The molecule has 2 amide bonds. The second-order valence-corrected chi connectivity index (χ2v) is 6.32. The zero-order valence-electron chi connectivity index (χ0n) is 14.7. The van der Waals surface area contributed by atoms with Gasteiger partial charge in [-0.05, 0) is 60.9 Å². The summed E-state index contributed by atoms with van der Waals surface area (Å²) in [4.78, 5) is 23.8. The lowest BCUT2D eigenvalue weighted by Crippen LogP contribution is -2.45. The number of hydrogen-bond acceptors (Lipinski definition) is 4. The first-order valence-corrected chi connectivity index (χ1v) is 8.27. The number of nitrogens with zero attached hydrogens (tertiary/aromatic N) is 1. The van der Waals surface area contributed by atoms with E-state index in [9.17, 15) is 9.59 Å². The van der Waals surface area contributed by atoms with Gasteiger partial charge in [0.15, 0.2) is 0 Å². The highest BCUT2D eigenvalue weighted by atomic mass is 16.5. The third kappa shape index (κ3) is 5.35.